The molecule has 0 amide bonds. The standard InChI is InChI=1S/C12H6ClF3N4O/c13-10-6(5-21)9(12(14,15)16)19-20(10)11-17-7-3-1-2-4-8(7)18-11/h1-5H,(H,17,18). The number of hydrogen-bond acceptors (Lipinski definition) is 3. The zero-order chi connectivity index (χ0) is 15.2. The molecular weight excluding hydrogens is 309 g/mol. The fourth-order valence-electron chi connectivity index (χ4n) is 1.90. The molecule has 1 N–H and O–H groups in total. The molecule has 0 saturated carbocycles. The fraction of sp³-hybridized carbons (Fsp3) is 0.0833. The highest BCUT2D eigenvalue weighted by Crippen LogP contribution is 2.34. The third-order valence-electron chi connectivity index (χ3n) is 2.83. The predicted molar refractivity (Wildman–Crippen MR) is 68.6 cm³/mol. The Morgan fingerprint density at radius 1 is 1.29 bits per heavy atom. The minimum Gasteiger partial charge on any atom is -0.322 e. The first kappa shape index (κ1) is 13.6. The number of halogens is 4. The molecule has 0 aliphatic carbocycles. The van der Waals surface area contributed by atoms with E-state index in [9.17, 15) is 18.0 Å². The van der Waals surface area contributed by atoms with Gasteiger partial charge in [0.15, 0.2) is 12.0 Å². The molecule has 2 aromatic heterocycles. The van der Waals surface area contributed by atoms with Gasteiger partial charge in [-0.3, -0.25) is 4.79 Å². The number of imidazole rings is 1. The third-order valence-corrected chi connectivity index (χ3v) is 3.19. The Bertz CT molecular complexity index is 804. The number of aromatic nitrogens is 4. The number of para-hydroxylation sites is 2. The Morgan fingerprint density at radius 2 is 2.00 bits per heavy atom. The molecule has 0 atom stereocenters. The molecule has 0 aliphatic rings. The zero-order valence-corrected chi connectivity index (χ0v) is 10.9. The lowest BCUT2D eigenvalue weighted by atomic mass is 10.3. The fourth-order valence-corrected chi connectivity index (χ4v) is 2.16. The van der Waals surface area contributed by atoms with Gasteiger partial charge in [-0.1, -0.05) is 23.7 Å². The summed E-state index contributed by atoms with van der Waals surface area (Å²) < 4.78 is 39.2. The largest absolute Gasteiger partial charge is 0.435 e. The normalized spacial score (nSPS) is 12.0. The Morgan fingerprint density at radius 3 is 2.57 bits per heavy atom. The summed E-state index contributed by atoms with van der Waals surface area (Å²) in [6, 6.07) is 6.86. The molecule has 2 heterocycles. The molecule has 0 saturated heterocycles. The molecule has 21 heavy (non-hydrogen) atoms. The van der Waals surface area contributed by atoms with Crippen LogP contribution in [0, 0.1) is 0 Å². The summed E-state index contributed by atoms with van der Waals surface area (Å²) >= 11 is 5.81. The van der Waals surface area contributed by atoms with Crippen LogP contribution in [0.15, 0.2) is 24.3 Å². The van der Waals surface area contributed by atoms with E-state index in [1.165, 1.54) is 0 Å². The SMILES string of the molecule is O=Cc1c(C(F)(F)F)nn(-c2nc3ccccc3[nH]2)c1Cl. The van der Waals surface area contributed by atoms with Gasteiger partial charge >= 0.3 is 6.18 Å². The van der Waals surface area contributed by atoms with Crippen molar-refractivity contribution >= 4 is 28.9 Å². The van der Waals surface area contributed by atoms with Gasteiger partial charge < -0.3 is 4.98 Å². The first-order valence-electron chi connectivity index (χ1n) is 5.68. The van der Waals surface area contributed by atoms with E-state index in [1.807, 2.05) is 0 Å². The molecule has 108 valence electrons. The van der Waals surface area contributed by atoms with Gasteiger partial charge in [-0.25, -0.2) is 4.98 Å². The van der Waals surface area contributed by atoms with Crippen molar-refractivity contribution < 1.29 is 18.0 Å². The number of nitrogens with zero attached hydrogens (tertiary/aromatic N) is 3. The molecular formula is C12H6ClF3N4O. The molecule has 0 unspecified atom stereocenters. The highest BCUT2D eigenvalue weighted by atomic mass is 35.5. The first-order valence-corrected chi connectivity index (χ1v) is 6.05. The van der Waals surface area contributed by atoms with Crippen LogP contribution in [0.5, 0.6) is 0 Å². The topological polar surface area (TPSA) is 63.6 Å². The van der Waals surface area contributed by atoms with Crippen LogP contribution in [0.4, 0.5) is 13.2 Å². The summed E-state index contributed by atoms with van der Waals surface area (Å²) in [6.07, 6.45) is -4.76. The monoisotopic (exact) mass is 314 g/mol. The first-order chi connectivity index (χ1) is 9.91. The number of fused-ring (bicyclic) bond motifs is 1. The maximum atomic E-state index is 12.8. The van der Waals surface area contributed by atoms with Gasteiger partial charge in [0.2, 0.25) is 5.95 Å². The Hall–Kier alpha value is -2.35. The van der Waals surface area contributed by atoms with Gasteiger partial charge in [0, 0.05) is 0 Å². The molecule has 0 spiro atoms. The van der Waals surface area contributed by atoms with Crippen LogP contribution < -0.4 is 0 Å². The number of aldehydes is 1. The van der Waals surface area contributed by atoms with Crippen molar-refractivity contribution in [1.29, 1.82) is 0 Å². The van der Waals surface area contributed by atoms with E-state index in [0.29, 0.717) is 11.0 Å². The van der Waals surface area contributed by atoms with E-state index in [1.54, 1.807) is 24.3 Å². The summed E-state index contributed by atoms with van der Waals surface area (Å²) in [7, 11) is 0. The zero-order valence-electron chi connectivity index (χ0n) is 10.1. The van der Waals surface area contributed by atoms with Crippen molar-refractivity contribution in [2.45, 2.75) is 6.18 Å². The summed E-state index contributed by atoms with van der Waals surface area (Å²) in [6.45, 7) is 0. The lowest BCUT2D eigenvalue weighted by molar-refractivity contribution is -0.141. The lowest BCUT2D eigenvalue weighted by Crippen LogP contribution is -2.09. The van der Waals surface area contributed by atoms with Crippen LogP contribution in [0.1, 0.15) is 16.1 Å². The van der Waals surface area contributed by atoms with E-state index in [0.717, 1.165) is 4.68 Å². The molecule has 3 aromatic rings. The number of nitrogens with one attached hydrogen (secondary N) is 1. The molecule has 5 nitrogen and oxygen atoms in total. The summed E-state index contributed by atoms with van der Waals surface area (Å²) in [4.78, 5) is 17.7. The Balaban J connectivity index is 2.23. The summed E-state index contributed by atoms with van der Waals surface area (Å²) in [5.41, 5.74) is -0.909. The number of carbonyl (C=O) groups excluding carboxylic acids is 1. The van der Waals surface area contributed by atoms with E-state index in [2.05, 4.69) is 15.1 Å². The van der Waals surface area contributed by atoms with Crippen molar-refractivity contribution in [3.05, 3.63) is 40.7 Å². The number of aromatic amines is 1. The number of hydrogen-bond donors (Lipinski definition) is 1. The average molecular weight is 315 g/mol. The number of alkyl halides is 3. The summed E-state index contributed by atoms with van der Waals surface area (Å²) in [5.74, 6) is -0.000185. The molecule has 9 heteroatoms. The van der Waals surface area contributed by atoms with Crippen molar-refractivity contribution in [1.82, 2.24) is 19.7 Å². The Labute approximate surface area is 120 Å². The summed E-state index contributed by atoms with van der Waals surface area (Å²) in [5, 5.41) is 2.90. The maximum Gasteiger partial charge on any atom is 0.435 e. The van der Waals surface area contributed by atoms with Crippen LogP contribution in [-0.2, 0) is 6.18 Å². The second kappa shape index (κ2) is 4.59. The van der Waals surface area contributed by atoms with Gasteiger partial charge in [-0.15, -0.1) is 0 Å². The van der Waals surface area contributed by atoms with E-state index in [-0.39, 0.29) is 12.2 Å². The highest BCUT2D eigenvalue weighted by Gasteiger charge is 2.39. The minimum atomic E-state index is -4.78. The molecule has 3 rings (SSSR count). The third kappa shape index (κ3) is 2.17. The van der Waals surface area contributed by atoms with Crippen molar-refractivity contribution in [2.24, 2.45) is 0 Å². The Kier molecular flexibility index (Phi) is 2.98. The number of H-pyrrole nitrogens is 1. The minimum absolute atomic E-state index is 0.000185. The van der Waals surface area contributed by atoms with Gasteiger partial charge in [0.05, 0.1) is 16.6 Å². The molecule has 0 bridgehead atoms. The van der Waals surface area contributed by atoms with Crippen LogP contribution in [-0.4, -0.2) is 26.0 Å². The number of carbonyl (C=O) groups is 1. The van der Waals surface area contributed by atoms with Crippen LogP contribution in [0.3, 0.4) is 0 Å². The van der Waals surface area contributed by atoms with Gasteiger partial charge in [-0.2, -0.15) is 23.0 Å². The average Bonchev–Trinajstić information content (AvgIpc) is 2.98. The van der Waals surface area contributed by atoms with Gasteiger partial charge in [0.1, 0.15) is 5.15 Å². The van der Waals surface area contributed by atoms with E-state index >= 15 is 0 Å². The van der Waals surface area contributed by atoms with Crippen LogP contribution in [0.25, 0.3) is 17.0 Å². The molecule has 0 radical (unpaired) electrons. The highest BCUT2D eigenvalue weighted by molar-refractivity contribution is 6.32. The molecule has 0 aliphatic heterocycles. The smallest absolute Gasteiger partial charge is 0.322 e. The van der Waals surface area contributed by atoms with Crippen molar-refractivity contribution in [3.63, 3.8) is 0 Å². The lowest BCUT2D eigenvalue weighted by Gasteiger charge is -2.01. The van der Waals surface area contributed by atoms with Crippen molar-refractivity contribution in [2.75, 3.05) is 0 Å². The van der Waals surface area contributed by atoms with E-state index in [4.69, 9.17) is 11.6 Å². The number of rotatable bonds is 2. The second-order valence-electron chi connectivity index (χ2n) is 4.16. The van der Waals surface area contributed by atoms with Crippen molar-refractivity contribution in [3.8, 4) is 5.95 Å². The van der Waals surface area contributed by atoms with E-state index < -0.39 is 22.6 Å². The molecule has 0 fully saturated rings. The quantitative estimate of drug-likeness (QED) is 0.739. The van der Waals surface area contributed by atoms with Crippen LogP contribution >= 0.6 is 11.6 Å². The second-order valence-corrected chi connectivity index (χ2v) is 4.52. The van der Waals surface area contributed by atoms with Gasteiger partial charge in [-0.05, 0) is 12.1 Å². The predicted octanol–water partition coefficient (Wildman–Crippen LogP) is 3.23. The van der Waals surface area contributed by atoms with Gasteiger partial charge in [0.25, 0.3) is 0 Å². The molecule has 1 aromatic carbocycles. The number of benzene rings is 1. The maximum absolute atomic E-state index is 12.8. The van der Waals surface area contributed by atoms with Crippen LogP contribution in [0.2, 0.25) is 5.15 Å².